The fourth-order valence-electron chi connectivity index (χ4n) is 2.01. The third-order valence-electron chi connectivity index (χ3n) is 3.00. The Kier molecular flexibility index (Phi) is 3.42. The molecule has 0 atom stereocenters. The van der Waals surface area contributed by atoms with E-state index in [9.17, 15) is 0 Å². The van der Waals surface area contributed by atoms with Crippen LogP contribution >= 0.6 is 23.2 Å². The second-order valence-corrected chi connectivity index (χ2v) is 5.06. The summed E-state index contributed by atoms with van der Waals surface area (Å²) in [7, 11) is 0. The molecule has 2 heterocycles. The second-order valence-electron chi connectivity index (χ2n) is 4.27. The van der Waals surface area contributed by atoms with Gasteiger partial charge in [-0.15, -0.1) is 10.2 Å². The normalized spacial score (nSPS) is 10.8. The molecular formula is C14H10Cl2N4. The molecule has 1 aromatic carbocycles. The molecule has 0 spiro atoms. The molecule has 0 bridgehead atoms. The number of hydrogen-bond acceptors (Lipinski definition) is 3. The van der Waals surface area contributed by atoms with E-state index in [1.54, 1.807) is 23.3 Å². The molecule has 4 nitrogen and oxygen atoms in total. The second kappa shape index (κ2) is 5.23. The summed E-state index contributed by atoms with van der Waals surface area (Å²) in [4.78, 5) is 4.54. The number of benzene rings is 1. The van der Waals surface area contributed by atoms with Gasteiger partial charge in [-0.05, 0) is 25.1 Å². The van der Waals surface area contributed by atoms with Crippen molar-refractivity contribution in [3.63, 3.8) is 0 Å². The van der Waals surface area contributed by atoms with Crippen molar-refractivity contribution >= 4 is 23.2 Å². The molecule has 0 fully saturated rings. The highest BCUT2D eigenvalue weighted by molar-refractivity contribution is 6.43. The lowest BCUT2D eigenvalue weighted by atomic mass is 10.0. The zero-order valence-electron chi connectivity index (χ0n) is 10.6. The van der Waals surface area contributed by atoms with E-state index in [2.05, 4.69) is 15.2 Å². The largest absolute Gasteiger partial charge is 0.272 e. The van der Waals surface area contributed by atoms with Crippen LogP contribution in [0.1, 0.15) is 5.69 Å². The molecule has 3 aromatic rings. The summed E-state index contributed by atoms with van der Waals surface area (Å²) >= 11 is 12.3. The average molecular weight is 305 g/mol. The number of rotatable bonds is 2. The summed E-state index contributed by atoms with van der Waals surface area (Å²) in [5.74, 6) is 0.759. The van der Waals surface area contributed by atoms with Gasteiger partial charge in [-0.2, -0.15) is 0 Å². The maximum atomic E-state index is 6.25. The van der Waals surface area contributed by atoms with Crippen LogP contribution in [0.3, 0.4) is 0 Å². The lowest BCUT2D eigenvalue weighted by Crippen LogP contribution is -1.98. The molecule has 100 valence electrons. The first-order chi connectivity index (χ1) is 9.66. The predicted molar refractivity (Wildman–Crippen MR) is 79.3 cm³/mol. The van der Waals surface area contributed by atoms with Crippen LogP contribution in [-0.4, -0.2) is 19.7 Å². The number of aryl methyl sites for hydroxylation is 1. The first-order valence-electron chi connectivity index (χ1n) is 5.94. The van der Waals surface area contributed by atoms with Crippen molar-refractivity contribution < 1.29 is 0 Å². The number of aromatic nitrogens is 4. The Bertz CT molecular complexity index is 754. The van der Waals surface area contributed by atoms with E-state index >= 15 is 0 Å². The van der Waals surface area contributed by atoms with E-state index in [0.29, 0.717) is 10.0 Å². The lowest BCUT2D eigenvalue weighted by Gasteiger charge is -2.10. The molecular weight excluding hydrogens is 295 g/mol. The molecule has 0 unspecified atom stereocenters. The Morgan fingerprint density at radius 1 is 0.950 bits per heavy atom. The third-order valence-corrected chi connectivity index (χ3v) is 3.82. The molecule has 0 amide bonds. The highest BCUT2D eigenvalue weighted by atomic mass is 35.5. The topological polar surface area (TPSA) is 43.6 Å². The van der Waals surface area contributed by atoms with Gasteiger partial charge in [-0.25, -0.2) is 4.98 Å². The van der Waals surface area contributed by atoms with Crippen LogP contribution in [0.2, 0.25) is 10.0 Å². The van der Waals surface area contributed by atoms with E-state index in [0.717, 1.165) is 22.6 Å². The maximum absolute atomic E-state index is 6.25. The fraction of sp³-hybridized carbons (Fsp3) is 0.0714. The van der Waals surface area contributed by atoms with E-state index < -0.39 is 0 Å². The quantitative estimate of drug-likeness (QED) is 0.720. The van der Waals surface area contributed by atoms with Gasteiger partial charge in [0.25, 0.3) is 0 Å². The summed E-state index contributed by atoms with van der Waals surface area (Å²) in [5.41, 5.74) is 2.69. The van der Waals surface area contributed by atoms with Crippen LogP contribution in [0.15, 0.2) is 43.0 Å². The summed E-state index contributed by atoms with van der Waals surface area (Å²) in [5, 5.41) is 8.61. The van der Waals surface area contributed by atoms with Crippen LogP contribution in [0.25, 0.3) is 16.9 Å². The fourth-order valence-corrected chi connectivity index (χ4v) is 2.41. The van der Waals surface area contributed by atoms with Crippen LogP contribution in [0.5, 0.6) is 0 Å². The Labute approximate surface area is 126 Å². The monoisotopic (exact) mass is 304 g/mol. The Morgan fingerprint density at radius 3 is 2.40 bits per heavy atom. The molecule has 0 saturated heterocycles. The van der Waals surface area contributed by atoms with E-state index in [1.165, 1.54) is 0 Å². The van der Waals surface area contributed by atoms with Crippen molar-refractivity contribution in [1.82, 2.24) is 19.7 Å². The molecule has 20 heavy (non-hydrogen) atoms. The van der Waals surface area contributed by atoms with Crippen LogP contribution in [0, 0.1) is 6.92 Å². The minimum Gasteiger partial charge on any atom is -0.272 e. The van der Waals surface area contributed by atoms with Gasteiger partial charge in [0.2, 0.25) is 0 Å². The zero-order valence-corrected chi connectivity index (χ0v) is 12.1. The summed E-state index contributed by atoms with van der Waals surface area (Å²) in [6, 6.07) is 9.42. The smallest absolute Gasteiger partial charge is 0.139 e. The summed E-state index contributed by atoms with van der Waals surface area (Å²) < 4.78 is 1.75. The Hall–Kier alpha value is -1.91. The molecule has 0 N–H and O–H groups in total. The van der Waals surface area contributed by atoms with E-state index in [4.69, 9.17) is 23.2 Å². The van der Waals surface area contributed by atoms with Crippen molar-refractivity contribution in [2.45, 2.75) is 6.92 Å². The van der Waals surface area contributed by atoms with Gasteiger partial charge in [0.05, 0.1) is 10.0 Å². The standard InChI is InChI=1S/C14H10Cl2N4/c1-9-10(11-3-2-4-12(15)14(11)16)5-6-13(19-9)20-7-17-18-8-20/h2-8H,1H3. The minimum atomic E-state index is 0.534. The third kappa shape index (κ3) is 2.28. The van der Waals surface area contributed by atoms with Gasteiger partial charge in [0.15, 0.2) is 0 Å². The molecule has 0 aliphatic heterocycles. The number of pyridine rings is 1. The highest BCUT2D eigenvalue weighted by Crippen LogP contribution is 2.34. The van der Waals surface area contributed by atoms with Crippen LogP contribution in [-0.2, 0) is 0 Å². The minimum absolute atomic E-state index is 0.534. The van der Waals surface area contributed by atoms with Crippen molar-refractivity contribution in [3.8, 4) is 16.9 Å². The molecule has 0 saturated carbocycles. The SMILES string of the molecule is Cc1nc(-n2cnnc2)ccc1-c1cccc(Cl)c1Cl. The summed E-state index contributed by atoms with van der Waals surface area (Å²) in [6.45, 7) is 1.93. The number of halogens is 2. The molecule has 6 heteroatoms. The number of hydrogen-bond donors (Lipinski definition) is 0. The molecule has 0 aliphatic carbocycles. The maximum Gasteiger partial charge on any atom is 0.139 e. The number of nitrogens with zero attached hydrogens (tertiary/aromatic N) is 4. The van der Waals surface area contributed by atoms with Gasteiger partial charge < -0.3 is 0 Å². The first-order valence-corrected chi connectivity index (χ1v) is 6.69. The van der Waals surface area contributed by atoms with Gasteiger partial charge in [0, 0.05) is 16.8 Å². The average Bonchev–Trinajstić information content (AvgIpc) is 2.96. The van der Waals surface area contributed by atoms with Crippen molar-refractivity contribution in [2.75, 3.05) is 0 Å². The van der Waals surface area contributed by atoms with Crippen LogP contribution < -0.4 is 0 Å². The highest BCUT2D eigenvalue weighted by Gasteiger charge is 2.11. The Morgan fingerprint density at radius 2 is 1.70 bits per heavy atom. The summed E-state index contributed by atoms with van der Waals surface area (Å²) in [6.07, 6.45) is 3.21. The van der Waals surface area contributed by atoms with Crippen molar-refractivity contribution in [3.05, 3.63) is 58.7 Å². The lowest BCUT2D eigenvalue weighted by molar-refractivity contribution is 0.975. The first kappa shape index (κ1) is 13.1. The van der Waals surface area contributed by atoms with Crippen molar-refractivity contribution in [2.24, 2.45) is 0 Å². The van der Waals surface area contributed by atoms with Gasteiger partial charge in [-0.1, -0.05) is 35.3 Å². The molecule has 0 radical (unpaired) electrons. The molecule has 3 rings (SSSR count). The van der Waals surface area contributed by atoms with Crippen LogP contribution in [0.4, 0.5) is 0 Å². The zero-order chi connectivity index (χ0) is 14.1. The van der Waals surface area contributed by atoms with E-state index in [1.807, 2.05) is 31.2 Å². The van der Waals surface area contributed by atoms with Gasteiger partial charge in [0.1, 0.15) is 18.5 Å². The Balaban J connectivity index is 2.10. The molecule has 0 aliphatic rings. The van der Waals surface area contributed by atoms with E-state index in [-0.39, 0.29) is 0 Å². The van der Waals surface area contributed by atoms with Gasteiger partial charge >= 0.3 is 0 Å². The predicted octanol–water partition coefficient (Wildman–Crippen LogP) is 3.94. The van der Waals surface area contributed by atoms with Gasteiger partial charge in [-0.3, -0.25) is 4.57 Å². The molecule has 2 aromatic heterocycles. The van der Waals surface area contributed by atoms with Crippen molar-refractivity contribution in [1.29, 1.82) is 0 Å².